The van der Waals surface area contributed by atoms with Crippen LogP contribution in [-0.4, -0.2) is 23.6 Å². The van der Waals surface area contributed by atoms with Gasteiger partial charge in [0.15, 0.2) is 11.6 Å². The maximum Gasteiger partial charge on any atom is 0.167 e. The zero-order chi connectivity index (χ0) is 12.8. The molecular formula is C12H18FNO2S. The van der Waals surface area contributed by atoms with Crippen LogP contribution in [0.25, 0.3) is 0 Å². The molecule has 1 atom stereocenters. The fourth-order valence-corrected chi connectivity index (χ4v) is 2.40. The van der Waals surface area contributed by atoms with E-state index >= 15 is 0 Å². The van der Waals surface area contributed by atoms with E-state index in [0.717, 1.165) is 4.90 Å². The lowest BCUT2D eigenvalue weighted by Gasteiger charge is -2.13. The number of rotatable bonds is 6. The summed E-state index contributed by atoms with van der Waals surface area (Å²) >= 11 is 1.51. The molecule has 1 aromatic carbocycles. The van der Waals surface area contributed by atoms with Crippen molar-refractivity contribution in [3.63, 3.8) is 0 Å². The number of nitrogens with two attached hydrogens (primary N) is 1. The molecule has 1 unspecified atom stereocenters. The molecule has 0 amide bonds. The number of aliphatic hydroxyl groups excluding tert-OH is 1. The van der Waals surface area contributed by atoms with Crippen LogP contribution >= 0.6 is 11.8 Å². The van der Waals surface area contributed by atoms with E-state index in [0.29, 0.717) is 18.7 Å². The summed E-state index contributed by atoms with van der Waals surface area (Å²) in [5.74, 6) is -0.219. The lowest BCUT2D eigenvalue weighted by atomic mass is 10.3. The first kappa shape index (κ1) is 14.1. The van der Waals surface area contributed by atoms with Crippen LogP contribution in [0.1, 0.15) is 20.3 Å². The first-order chi connectivity index (χ1) is 8.08. The van der Waals surface area contributed by atoms with E-state index < -0.39 is 5.82 Å². The van der Waals surface area contributed by atoms with Gasteiger partial charge in [0.25, 0.3) is 0 Å². The highest BCUT2D eigenvalue weighted by atomic mass is 32.2. The molecule has 17 heavy (non-hydrogen) atoms. The molecule has 3 nitrogen and oxygen atoms in total. The van der Waals surface area contributed by atoms with Crippen molar-refractivity contribution >= 4 is 17.4 Å². The first-order valence-electron chi connectivity index (χ1n) is 5.57. The predicted molar refractivity (Wildman–Crippen MR) is 69.0 cm³/mol. The average Bonchev–Trinajstić information content (AvgIpc) is 2.25. The van der Waals surface area contributed by atoms with Crippen molar-refractivity contribution in [3.8, 4) is 5.75 Å². The van der Waals surface area contributed by atoms with Gasteiger partial charge >= 0.3 is 0 Å². The highest BCUT2D eigenvalue weighted by Gasteiger charge is 2.12. The van der Waals surface area contributed by atoms with Crippen LogP contribution in [0.3, 0.4) is 0 Å². The Kier molecular flexibility index (Phi) is 5.58. The Labute approximate surface area is 105 Å². The summed E-state index contributed by atoms with van der Waals surface area (Å²) in [4.78, 5) is 0.788. The quantitative estimate of drug-likeness (QED) is 0.609. The molecular weight excluding hydrogens is 241 g/mol. The largest absolute Gasteiger partial charge is 0.491 e. The maximum absolute atomic E-state index is 13.4. The summed E-state index contributed by atoms with van der Waals surface area (Å²) < 4.78 is 18.6. The number of ether oxygens (including phenoxy) is 1. The standard InChI is InChI=1S/C12H18FNO2S/c1-3-16-11-7-12(10(14)6-9(11)13)17-8(2)4-5-15/h6-8,15H,3-5,14H2,1-2H3. The highest BCUT2D eigenvalue weighted by Crippen LogP contribution is 2.34. The molecule has 0 aliphatic heterocycles. The van der Waals surface area contributed by atoms with Gasteiger partial charge in [0.05, 0.1) is 6.61 Å². The molecule has 0 radical (unpaired) electrons. The molecule has 0 aliphatic rings. The minimum absolute atomic E-state index is 0.133. The highest BCUT2D eigenvalue weighted by molar-refractivity contribution is 8.00. The molecule has 1 rings (SSSR count). The summed E-state index contributed by atoms with van der Waals surface area (Å²) in [6.45, 7) is 4.34. The van der Waals surface area contributed by atoms with Crippen molar-refractivity contribution in [2.45, 2.75) is 30.4 Å². The van der Waals surface area contributed by atoms with E-state index in [-0.39, 0.29) is 17.6 Å². The molecule has 0 aliphatic carbocycles. The third kappa shape index (κ3) is 4.09. The summed E-state index contributed by atoms with van der Waals surface area (Å²) in [6, 6.07) is 2.89. The van der Waals surface area contributed by atoms with Crippen molar-refractivity contribution in [1.82, 2.24) is 0 Å². The number of halogens is 1. The van der Waals surface area contributed by atoms with E-state index in [1.54, 1.807) is 13.0 Å². The van der Waals surface area contributed by atoms with Crippen LogP contribution in [-0.2, 0) is 0 Å². The van der Waals surface area contributed by atoms with Gasteiger partial charge in [-0.25, -0.2) is 4.39 Å². The first-order valence-corrected chi connectivity index (χ1v) is 6.45. The van der Waals surface area contributed by atoms with E-state index in [1.165, 1.54) is 17.8 Å². The Morgan fingerprint density at radius 3 is 2.82 bits per heavy atom. The summed E-state index contributed by atoms with van der Waals surface area (Å²) in [5, 5.41) is 9.06. The normalized spacial score (nSPS) is 12.5. The van der Waals surface area contributed by atoms with Gasteiger partial charge in [0, 0.05) is 28.5 Å². The second-order valence-electron chi connectivity index (χ2n) is 3.69. The maximum atomic E-state index is 13.4. The number of hydrogen-bond acceptors (Lipinski definition) is 4. The Balaban J connectivity index is 2.87. The Hall–Kier alpha value is -0.940. The summed E-state index contributed by atoms with van der Waals surface area (Å²) in [7, 11) is 0. The number of benzene rings is 1. The summed E-state index contributed by atoms with van der Waals surface area (Å²) in [5.41, 5.74) is 6.16. The lowest BCUT2D eigenvalue weighted by Crippen LogP contribution is -2.02. The molecule has 0 aromatic heterocycles. The third-order valence-electron chi connectivity index (χ3n) is 2.23. The minimum Gasteiger partial charge on any atom is -0.491 e. The molecule has 0 spiro atoms. The van der Waals surface area contributed by atoms with Gasteiger partial charge in [-0.3, -0.25) is 0 Å². The van der Waals surface area contributed by atoms with Crippen molar-refractivity contribution in [1.29, 1.82) is 0 Å². The molecule has 0 bridgehead atoms. The molecule has 96 valence electrons. The van der Waals surface area contributed by atoms with Crippen LogP contribution < -0.4 is 10.5 Å². The van der Waals surface area contributed by atoms with Gasteiger partial charge < -0.3 is 15.6 Å². The van der Waals surface area contributed by atoms with Crippen LogP contribution in [0.5, 0.6) is 5.75 Å². The van der Waals surface area contributed by atoms with Crippen LogP contribution in [0.2, 0.25) is 0 Å². The zero-order valence-corrected chi connectivity index (χ0v) is 10.9. The Bertz CT molecular complexity index is 374. The average molecular weight is 259 g/mol. The van der Waals surface area contributed by atoms with Crippen LogP contribution in [0.4, 0.5) is 10.1 Å². The molecule has 3 N–H and O–H groups in total. The van der Waals surface area contributed by atoms with Crippen molar-refractivity contribution in [2.24, 2.45) is 0 Å². The Morgan fingerprint density at radius 1 is 1.53 bits per heavy atom. The lowest BCUT2D eigenvalue weighted by molar-refractivity contribution is 0.289. The van der Waals surface area contributed by atoms with Gasteiger partial charge in [0.2, 0.25) is 0 Å². The van der Waals surface area contributed by atoms with Crippen molar-refractivity contribution in [3.05, 3.63) is 17.9 Å². The molecule has 5 heteroatoms. The molecule has 0 saturated carbocycles. The van der Waals surface area contributed by atoms with Crippen molar-refractivity contribution < 1.29 is 14.2 Å². The number of hydrogen-bond donors (Lipinski definition) is 2. The second kappa shape index (κ2) is 6.71. The zero-order valence-electron chi connectivity index (χ0n) is 10.1. The van der Waals surface area contributed by atoms with E-state index in [2.05, 4.69) is 0 Å². The van der Waals surface area contributed by atoms with Gasteiger partial charge in [-0.1, -0.05) is 6.92 Å². The number of nitrogen functional groups attached to an aromatic ring is 1. The monoisotopic (exact) mass is 259 g/mol. The SMILES string of the molecule is CCOc1cc(SC(C)CCO)c(N)cc1F. The van der Waals surface area contributed by atoms with Gasteiger partial charge in [-0.2, -0.15) is 0 Å². The number of aliphatic hydroxyl groups is 1. The van der Waals surface area contributed by atoms with E-state index in [1.807, 2.05) is 6.92 Å². The van der Waals surface area contributed by atoms with Crippen molar-refractivity contribution in [2.75, 3.05) is 18.9 Å². The third-order valence-corrected chi connectivity index (χ3v) is 3.47. The fourth-order valence-electron chi connectivity index (χ4n) is 1.38. The van der Waals surface area contributed by atoms with Gasteiger partial charge in [-0.15, -0.1) is 11.8 Å². The van der Waals surface area contributed by atoms with Crippen LogP contribution in [0.15, 0.2) is 17.0 Å². The summed E-state index contributed by atoms with van der Waals surface area (Å²) in [6.07, 6.45) is 0.672. The number of anilines is 1. The molecule has 0 heterocycles. The Morgan fingerprint density at radius 2 is 2.24 bits per heavy atom. The predicted octanol–water partition coefficient (Wildman–Crippen LogP) is 2.67. The topological polar surface area (TPSA) is 55.5 Å². The molecule has 1 aromatic rings. The number of thioether (sulfide) groups is 1. The smallest absolute Gasteiger partial charge is 0.167 e. The minimum atomic E-state index is -0.441. The van der Waals surface area contributed by atoms with Crippen LogP contribution in [0, 0.1) is 5.82 Å². The van der Waals surface area contributed by atoms with E-state index in [4.69, 9.17) is 15.6 Å². The molecule has 0 saturated heterocycles. The van der Waals surface area contributed by atoms with Gasteiger partial charge in [0.1, 0.15) is 0 Å². The molecule has 0 fully saturated rings. The fraction of sp³-hybridized carbons (Fsp3) is 0.500. The van der Waals surface area contributed by atoms with Gasteiger partial charge in [-0.05, 0) is 19.4 Å². The second-order valence-corrected chi connectivity index (χ2v) is 5.17. The van der Waals surface area contributed by atoms with E-state index in [9.17, 15) is 4.39 Å².